The van der Waals surface area contributed by atoms with Crippen LogP contribution in [0.3, 0.4) is 0 Å². The highest BCUT2D eigenvalue weighted by atomic mass is 16.5. The molecule has 0 bridgehead atoms. The highest BCUT2D eigenvalue weighted by Gasteiger charge is 2.06. The lowest BCUT2D eigenvalue weighted by molar-refractivity contribution is 0.208. The Morgan fingerprint density at radius 2 is 1.94 bits per heavy atom. The minimum atomic E-state index is 0.218. The monoisotopic (exact) mass is 250 g/mol. The Bertz CT molecular complexity index is 364. The predicted molar refractivity (Wildman–Crippen MR) is 76.0 cm³/mol. The number of ether oxygens (including phenoxy) is 1. The second-order valence-electron chi connectivity index (χ2n) is 5.03. The highest BCUT2D eigenvalue weighted by Crippen LogP contribution is 2.15. The van der Waals surface area contributed by atoms with Gasteiger partial charge in [-0.15, -0.1) is 0 Å². The van der Waals surface area contributed by atoms with E-state index in [0.717, 1.165) is 31.0 Å². The molecular formula is C15H26N2O. The Morgan fingerprint density at radius 3 is 2.50 bits per heavy atom. The molecule has 1 aromatic heterocycles. The van der Waals surface area contributed by atoms with Crippen LogP contribution in [0.1, 0.15) is 52.3 Å². The van der Waals surface area contributed by atoms with Gasteiger partial charge in [-0.25, -0.2) is 4.98 Å². The average molecular weight is 250 g/mol. The van der Waals surface area contributed by atoms with Gasteiger partial charge in [0.05, 0.1) is 6.10 Å². The third-order valence-electron chi connectivity index (χ3n) is 2.89. The number of hydrogen-bond acceptors (Lipinski definition) is 3. The lowest BCUT2D eigenvalue weighted by atomic mass is 10.2. The van der Waals surface area contributed by atoms with E-state index in [1.54, 1.807) is 0 Å². The first-order valence-electron chi connectivity index (χ1n) is 6.95. The molecule has 0 aliphatic heterocycles. The van der Waals surface area contributed by atoms with Gasteiger partial charge in [0, 0.05) is 24.3 Å². The van der Waals surface area contributed by atoms with Crippen molar-refractivity contribution in [2.45, 2.75) is 66.2 Å². The fourth-order valence-corrected chi connectivity index (χ4v) is 1.58. The second-order valence-corrected chi connectivity index (χ2v) is 5.03. The Labute approximate surface area is 111 Å². The Kier molecular flexibility index (Phi) is 6.13. The summed E-state index contributed by atoms with van der Waals surface area (Å²) in [4.78, 5) is 4.52. The minimum absolute atomic E-state index is 0.218. The number of aryl methyl sites for hydroxylation is 1. The van der Waals surface area contributed by atoms with Crippen LogP contribution >= 0.6 is 0 Å². The largest absolute Gasteiger partial charge is 0.475 e. The van der Waals surface area contributed by atoms with E-state index in [9.17, 15) is 0 Å². The summed E-state index contributed by atoms with van der Waals surface area (Å²) in [6.45, 7) is 11.5. The third kappa shape index (κ3) is 5.05. The maximum Gasteiger partial charge on any atom is 0.214 e. The van der Waals surface area contributed by atoms with Gasteiger partial charge in [-0.2, -0.15) is 0 Å². The van der Waals surface area contributed by atoms with Crippen molar-refractivity contribution in [3.05, 3.63) is 23.4 Å². The van der Waals surface area contributed by atoms with Crippen LogP contribution in [0.15, 0.2) is 12.1 Å². The average Bonchev–Trinajstić information content (AvgIpc) is 2.35. The highest BCUT2D eigenvalue weighted by molar-refractivity contribution is 5.25. The van der Waals surface area contributed by atoms with E-state index in [2.05, 4.69) is 51.0 Å². The van der Waals surface area contributed by atoms with E-state index in [4.69, 9.17) is 4.74 Å². The van der Waals surface area contributed by atoms with Crippen LogP contribution in [0, 0.1) is 0 Å². The predicted octanol–water partition coefficient (Wildman–Crippen LogP) is 3.32. The molecule has 0 saturated carbocycles. The molecule has 3 heteroatoms. The smallest absolute Gasteiger partial charge is 0.214 e. The van der Waals surface area contributed by atoms with Crippen molar-refractivity contribution in [2.75, 3.05) is 0 Å². The molecule has 1 unspecified atom stereocenters. The lowest BCUT2D eigenvalue weighted by Gasteiger charge is -2.15. The molecule has 0 fully saturated rings. The molecule has 1 atom stereocenters. The molecule has 1 rings (SSSR count). The molecular weight excluding hydrogens is 224 g/mol. The molecule has 102 valence electrons. The van der Waals surface area contributed by atoms with Gasteiger partial charge in [0.15, 0.2) is 0 Å². The van der Waals surface area contributed by atoms with Crippen LogP contribution < -0.4 is 10.1 Å². The van der Waals surface area contributed by atoms with Gasteiger partial charge in [0.1, 0.15) is 0 Å². The molecule has 0 saturated heterocycles. The maximum absolute atomic E-state index is 5.81. The summed E-state index contributed by atoms with van der Waals surface area (Å²) in [6, 6.07) is 4.68. The topological polar surface area (TPSA) is 34.1 Å². The molecule has 3 nitrogen and oxygen atoms in total. The summed E-state index contributed by atoms with van der Waals surface area (Å²) in [7, 11) is 0. The number of pyridine rings is 1. The molecule has 1 heterocycles. The van der Waals surface area contributed by atoms with E-state index in [1.165, 1.54) is 5.56 Å². The summed E-state index contributed by atoms with van der Waals surface area (Å²) in [5.41, 5.74) is 2.34. The number of aromatic nitrogens is 1. The second kappa shape index (κ2) is 7.37. The number of rotatable bonds is 7. The standard InChI is InChI=1S/C15H26N2O/c1-6-12(5)18-15-9-13(10-16-11(3)4)8-14(7-2)17-15/h8-9,11-12,16H,6-7,10H2,1-5H3. The van der Waals surface area contributed by atoms with Crippen molar-refractivity contribution in [3.8, 4) is 5.88 Å². The van der Waals surface area contributed by atoms with Crippen LogP contribution in [-0.2, 0) is 13.0 Å². The van der Waals surface area contributed by atoms with E-state index >= 15 is 0 Å². The molecule has 0 amide bonds. The van der Waals surface area contributed by atoms with Crippen molar-refractivity contribution < 1.29 is 4.74 Å². The van der Waals surface area contributed by atoms with Gasteiger partial charge < -0.3 is 10.1 Å². The normalized spacial score (nSPS) is 12.8. The summed E-state index contributed by atoms with van der Waals surface area (Å²) >= 11 is 0. The summed E-state index contributed by atoms with van der Waals surface area (Å²) in [5.74, 6) is 0.754. The van der Waals surface area contributed by atoms with Crippen LogP contribution in [0.2, 0.25) is 0 Å². The zero-order valence-corrected chi connectivity index (χ0v) is 12.3. The number of nitrogens with zero attached hydrogens (tertiary/aromatic N) is 1. The van der Waals surface area contributed by atoms with Crippen LogP contribution in [0.4, 0.5) is 0 Å². The van der Waals surface area contributed by atoms with Gasteiger partial charge in [-0.3, -0.25) is 0 Å². The molecule has 18 heavy (non-hydrogen) atoms. The number of hydrogen-bond donors (Lipinski definition) is 1. The van der Waals surface area contributed by atoms with Gasteiger partial charge in [0.2, 0.25) is 5.88 Å². The first kappa shape index (κ1) is 15.0. The zero-order valence-electron chi connectivity index (χ0n) is 12.3. The summed E-state index contributed by atoms with van der Waals surface area (Å²) < 4.78 is 5.81. The van der Waals surface area contributed by atoms with Gasteiger partial charge in [-0.1, -0.05) is 27.7 Å². The Hall–Kier alpha value is -1.09. The quantitative estimate of drug-likeness (QED) is 0.806. The molecule has 1 N–H and O–H groups in total. The van der Waals surface area contributed by atoms with Crippen molar-refractivity contribution >= 4 is 0 Å². The molecule has 0 aliphatic rings. The minimum Gasteiger partial charge on any atom is -0.475 e. The number of nitrogens with one attached hydrogen (secondary N) is 1. The molecule has 1 aromatic rings. The van der Waals surface area contributed by atoms with Crippen molar-refractivity contribution in [1.82, 2.24) is 10.3 Å². The van der Waals surface area contributed by atoms with Crippen LogP contribution in [-0.4, -0.2) is 17.1 Å². The lowest BCUT2D eigenvalue weighted by Crippen LogP contribution is -2.22. The van der Waals surface area contributed by atoms with E-state index < -0.39 is 0 Å². The molecule has 0 spiro atoms. The van der Waals surface area contributed by atoms with Crippen molar-refractivity contribution in [2.24, 2.45) is 0 Å². The first-order valence-corrected chi connectivity index (χ1v) is 6.95. The van der Waals surface area contributed by atoms with Crippen LogP contribution in [0.5, 0.6) is 5.88 Å². The molecule has 0 aliphatic carbocycles. The molecule has 0 radical (unpaired) electrons. The van der Waals surface area contributed by atoms with Crippen molar-refractivity contribution in [1.29, 1.82) is 0 Å². The van der Waals surface area contributed by atoms with Gasteiger partial charge >= 0.3 is 0 Å². The van der Waals surface area contributed by atoms with E-state index in [0.29, 0.717) is 6.04 Å². The van der Waals surface area contributed by atoms with E-state index in [1.807, 2.05) is 6.07 Å². The molecule has 0 aromatic carbocycles. The van der Waals surface area contributed by atoms with Crippen LogP contribution in [0.25, 0.3) is 0 Å². The SMILES string of the molecule is CCc1cc(CNC(C)C)cc(OC(C)CC)n1. The van der Waals surface area contributed by atoms with Crippen molar-refractivity contribution in [3.63, 3.8) is 0 Å². The fraction of sp³-hybridized carbons (Fsp3) is 0.667. The summed E-state index contributed by atoms with van der Waals surface area (Å²) in [5, 5.41) is 3.42. The Morgan fingerprint density at radius 1 is 1.22 bits per heavy atom. The van der Waals surface area contributed by atoms with Gasteiger partial charge in [0.25, 0.3) is 0 Å². The first-order chi connectivity index (χ1) is 8.55. The van der Waals surface area contributed by atoms with Gasteiger partial charge in [-0.05, 0) is 31.4 Å². The third-order valence-corrected chi connectivity index (χ3v) is 2.89. The summed E-state index contributed by atoms with van der Waals surface area (Å²) in [6.07, 6.45) is 2.15. The Balaban J connectivity index is 2.80. The fourth-order valence-electron chi connectivity index (χ4n) is 1.58. The zero-order chi connectivity index (χ0) is 13.5. The maximum atomic E-state index is 5.81. The van der Waals surface area contributed by atoms with E-state index in [-0.39, 0.29) is 6.10 Å².